The molecule has 29 heavy (non-hydrogen) atoms. The largest absolute Gasteiger partial charge is 0.458 e. The molecule has 8 nitrogen and oxygen atoms in total. The van der Waals surface area contributed by atoms with E-state index in [1.807, 2.05) is 11.9 Å². The number of esters is 3. The van der Waals surface area contributed by atoms with Crippen molar-refractivity contribution in [3.8, 4) is 0 Å². The third-order valence-electron chi connectivity index (χ3n) is 5.48. The molecule has 0 amide bonds. The molecule has 1 fully saturated rings. The third-order valence-corrected chi connectivity index (χ3v) is 5.48. The number of rotatable bonds is 1. The molecule has 0 N–H and O–H groups in total. The van der Waals surface area contributed by atoms with Crippen molar-refractivity contribution in [2.24, 2.45) is 5.92 Å². The van der Waals surface area contributed by atoms with Crippen LogP contribution in [-0.2, 0) is 33.4 Å². The molecule has 2 aliphatic heterocycles. The zero-order chi connectivity index (χ0) is 21.8. The van der Waals surface area contributed by atoms with Crippen LogP contribution in [0.4, 0.5) is 0 Å². The van der Waals surface area contributed by atoms with E-state index in [0.717, 1.165) is 0 Å². The van der Waals surface area contributed by atoms with Gasteiger partial charge in [0.25, 0.3) is 0 Å². The van der Waals surface area contributed by atoms with Gasteiger partial charge < -0.3 is 19.1 Å². The number of likely N-dealkylation sites (N-methyl/N-ethyl adjacent to an activating group) is 1. The number of ketones is 1. The molecule has 8 heteroatoms. The monoisotopic (exact) mass is 407 g/mol. The number of Topliss-reactive ketones (excluding diaryl/α,β-unsaturated/α-hetero) is 1. The molecule has 0 saturated carbocycles. The summed E-state index contributed by atoms with van der Waals surface area (Å²) in [6.07, 6.45) is 2.78. The topological polar surface area (TPSA) is 99.2 Å². The van der Waals surface area contributed by atoms with E-state index in [1.165, 1.54) is 13.8 Å². The Kier molecular flexibility index (Phi) is 7.35. The van der Waals surface area contributed by atoms with E-state index >= 15 is 0 Å². The maximum atomic E-state index is 12.9. The van der Waals surface area contributed by atoms with Crippen molar-refractivity contribution in [3.05, 3.63) is 23.3 Å². The van der Waals surface area contributed by atoms with Crippen LogP contribution in [0.5, 0.6) is 0 Å². The van der Waals surface area contributed by atoms with E-state index in [-0.39, 0.29) is 24.4 Å². The minimum absolute atomic E-state index is 0.123. The molecule has 3 atom stereocenters. The maximum absolute atomic E-state index is 12.9. The van der Waals surface area contributed by atoms with Crippen LogP contribution in [0, 0.1) is 5.92 Å². The van der Waals surface area contributed by atoms with E-state index in [2.05, 4.69) is 0 Å². The number of fused-ring (bicyclic) bond motifs is 2. The lowest BCUT2D eigenvalue weighted by molar-refractivity contribution is -0.185. The highest BCUT2D eigenvalue weighted by Crippen LogP contribution is 2.31. The highest BCUT2D eigenvalue weighted by Gasteiger charge is 2.45. The lowest BCUT2D eigenvalue weighted by atomic mass is 9.84. The number of allylic oxidation sites excluding steroid dienone is 1. The van der Waals surface area contributed by atoms with Crippen LogP contribution >= 0.6 is 0 Å². The molecular formula is C21H29NO7. The Morgan fingerprint density at radius 2 is 2.03 bits per heavy atom. The first-order valence-corrected chi connectivity index (χ1v) is 9.73. The van der Waals surface area contributed by atoms with Crippen LogP contribution in [0.1, 0.15) is 40.5 Å². The summed E-state index contributed by atoms with van der Waals surface area (Å²) in [7, 11) is 1.88. The first-order valence-electron chi connectivity index (χ1n) is 9.73. The van der Waals surface area contributed by atoms with Gasteiger partial charge in [0, 0.05) is 43.5 Å². The average molecular weight is 407 g/mol. The summed E-state index contributed by atoms with van der Waals surface area (Å²) in [5.41, 5.74) is -1.05. The van der Waals surface area contributed by atoms with E-state index in [9.17, 15) is 19.2 Å². The second-order valence-corrected chi connectivity index (χ2v) is 7.73. The number of hydrogen-bond acceptors (Lipinski definition) is 8. The zero-order valence-electron chi connectivity index (χ0n) is 17.6. The minimum atomic E-state index is -1.61. The fourth-order valence-electron chi connectivity index (χ4n) is 3.35. The predicted molar refractivity (Wildman–Crippen MR) is 104 cm³/mol. The molecule has 0 unspecified atom stereocenters. The number of carbonyl (C=O) groups is 4. The van der Waals surface area contributed by atoms with Gasteiger partial charge in [0.2, 0.25) is 11.4 Å². The van der Waals surface area contributed by atoms with Crippen molar-refractivity contribution in [1.29, 1.82) is 0 Å². The quantitative estimate of drug-likeness (QED) is 0.367. The summed E-state index contributed by atoms with van der Waals surface area (Å²) in [4.78, 5) is 52.1. The van der Waals surface area contributed by atoms with E-state index in [4.69, 9.17) is 14.2 Å². The van der Waals surface area contributed by atoms with Crippen molar-refractivity contribution in [3.63, 3.8) is 0 Å². The Balaban J connectivity index is 2.48. The number of cyclic esters (lactones) is 1. The Morgan fingerprint density at radius 3 is 2.66 bits per heavy atom. The Labute approximate surface area is 170 Å². The van der Waals surface area contributed by atoms with E-state index in [1.54, 1.807) is 26.0 Å². The van der Waals surface area contributed by atoms with Gasteiger partial charge in [-0.15, -0.1) is 0 Å². The van der Waals surface area contributed by atoms with Crippen LogP contribution in [-0.4, -0.2) is 67.0 Å². The Hall–Kier alpha value is -2.48. The lowest BCUT2D eigenvalue weighted by Gasteiger charge is -2.34. The van der Waals surface area contributed by atoms with Gasteiger partial charge in [-0.3, -0.25) is 9.59 Å². The van der Waals surface area contributed by atoms with Gasteiger partial charge >= 0.3 is 17.9 Å². The molecule has 0 spiro atoms. The number of hydrogen-bond donors (Lipinski definition) is 0. The van der Waals surface area contributed by atoms with Gasteiger partial charge in [-0.1, -0.05) is 19.1 Å². The third kappa shape index (κ3) is 5.32. The summed E-state index contributed by atoms with van der Waals surface area (Å²) >= 11 is 0. The predicted octanol–water partition coefficient (Wildman–Crippen LogP) is 1.58. The summed E-state index contributed by atoms with van der Waals surface area (Å²) < 4.78 is 16.3. The number of nitrogens with zero attached hydrogens (tertiary/aromatic N) is 1. The van der Waals surface area contributed by atoms with Crippen LogP contribution in [0.15, 0.2) is 23.3 Å². The zero-order valence-corrected chi connectivity index (χ0v) is 17.6. The van der Waals surface area contributed by atoms with Gasteiger partial charge in [-0.2, -0.15) is 0 Å². The van der Waals surface area contributed by atoms with E-state index in [0.29, 0.717) is 25.1 Å². The van der Waals surface area contributed by atoms with Crippen LogP contribution in [0.25, 0.3) is 0 Å². The van der Waals surface area contributed by atoms with Crippen LogP contribution < -0.4 is 0 Å². The first-order chi connectivity index (χ1) is 13.6. The minimum Gasteiger partial charge on any atom is -0.458 e. The van der Waals surface area contributed by atoms with Gasteiger partial charge in [0.15, 0.2) is 6.10 Å². The molecule has 160 valence electrons. The lowest BCUT2D eigenvalue weighted by Crippen LogP contribution is -2.48. The molecular weight excluding hydrogens is 378 g/mol. The summed E-state index contributed by atoms with van der Waals surface area (Å²) in [5.74, 6) is -2.95. The molecule has 2 bridgehead atoms. The SMILES string of the molecule is C/C=C1/C[C@@H](C)[C@@](C)(OC(C)=O)C(=O)OCC2=CCN(C)CC[C@@H](OC1=O)C2=O. The van der Waals surface area contributed by atoms with Gasteiger partial charge in [-0.05, 0) is 27.3 Å². The molecule has 2 heterocycles. The summed E-state index contributed by atoms with van der Waals surface area (Å²) in [6, 6.07) is 0. The van der Waals surface area contributed by atoms with E-state index < -0.39 is 35.5 Å². The molecule has 0 aliphatic carbocycles. The molecule has 0 aromatic heterocycles. The molecule has 0 aromatic rings. The molecule has 1 saturated heterocycles. The second kappa shape index (κ2) is 9.35. The van der Waals surface area contributed by atoms with Crippen molar-refractivity contribution >= 4 is 23.7 Å². The first kappa shape index (κ1) is 22.8. The van der Waals surface area contributed by atoms with Crippen molar-refractivity contribution < 1.29 is 33.4 Å². The van der Waals surface area contributed by atoms with Crippen molar-refractivity contribution in [2.45, 2.75) is 52.2 Å². The second-order valence-electron chi connectivity index (χ2n) is 7.73. The number of carbonyl (C=O) groups excluding carboxylic acids is 4. The molecule has 2 rings (SSSR count). The Morgan fingerprint density at radius 1 is 1.34 bits per heavy atom. The summed E-state index contributed by atoms with van der Waals surface area (Å²) in [6.45, 7) is 6.83. The number of ether oxygens (including phenoxy) is 3. The van der Waals surface area contributed by atoms with Crippen LogP contribution in [0.3, 0.4) is 0 Å². The molecule has 2 aliphatic rings. The van der Waals surface area contributed by atoms with Crippen molar-refractivity contribution in [1.82, 2.24) is 4.90 Å². The standard InChI is InChI=1S/C21H29NO7/c1-6-15-11-13(2)21(4,29-14(3)23)20(26)27-12-16-7-9-22(5)10-8-17(18(16)24)28-19(15)25/h6-7,13,17H,8-12H2,1-5H3/b15-6-,16-7?/t13-,17-,21-/m1/s1. The maximum Gasteiger partial charge on any atom is 0.350 e. The fourth-order valence-corrected chi connectivity index (χ4v) is 3.35. The van der Waals surface area contributed by atoms with Gasteiger partial charge in [0.1, 0.15) is 6.61 Å². The van der Waals surface area contributed by atoms with Gasteiger partial charge in [0.05, 0.1) is 0 Å². The van der Waals surface area contributed by atoms with Gasteiger partial charge in [-0.25, -0.2) is 9.59 Å². The smallest absolute Gasteiger partial charge is 0.350 e. The molecule has 0 radical (unpaired) electrons. The fraction of sp³-hybridized carbons (Fsp3) is 0.619. The highest BCUT2D eigenvalue weighted by molar-refractivity contribution is 6.01. The van der Waals surface area contributed by atoms with Crippen molar-refractivity contribution in [2.75, 3.05) is 26.7 Å². The summed E-state index contributed by atoms with van der Waals surface area (Å²) in [5, 5.41) is 0. The average Bonchev–Trinajstić information content (AvgIpc) is 2.65. The normalized spacial score (nSPS) is 31.4. The molecule has 0 aromatic carbocycles. The Bertz CT molecular complexity index is 754. The highest BCUT2D eigenvalue weighted by atomic mass is 16.6. The van der Waals surface area contributed by atoms with Crippen LogP contribution in [0.2, 0.25) is 0 Å².